The number of para-hydroxylation sites is 2. The SMILES string of the molecule is CCN(C(=O)COC(=O)c1c2c(nc3ccccc13)/C(=C/c1cc(OC)c(OC)c(OC)c1)CC2)c1ccccc1. The van der Waals surface area contributed by atoms with Gasteiger partial charge < -0.3 is 23.8 Å². The number of fused-ring (bicyclic) bond motifs is 2. The van der Waals surface area contributed by atoms with E-state index in [-0.39, 0.29) is 12.5 Å². The first-order chi connectivity index (χ1) is 20.0. The summed E-state index contributed by atoms with van der Waals surface area (Å²) < 4.78 is 22.1. The molecule has 210 valence electrons. The predicted molar refractivity (Wildman–Crippen MR) is 159 cm³/mol. The first-order valence-electron chi connectivity index (χ1n) is 13.4. The van der Waals surface area contributed by atoms with Crippen molar-refractivity contribution in [1.82, 2.24) is 4.98 Å². The van der Waals surface area contributed by atoms with Gasteiger partial charge in [0.1, 0.15) is 0 Å². The van der Waals surface area contributed by atoms with E-state index in [1.165, 1.54) is 0 Å². The number of esters is 1. The van der Waals surface area contributed by atoms with Crippen LogP contribution in [0.25, 0.3) is 22.6 Å². The normalized spacial score (nSPS) is 13.1. The number of allylic oxidation sites excluding steroid dienone is 1. The Balaban J connectivity index is 1.49. The molecule has 8 nitrogen and oxygen atoms in total. The number of aromatic nitrogens is 1. The van der Waals surface area contributed by atoms with Gasteiger partial charge >= 0.3 is 5.97 Å². The fraction of sp³-hybridized carbons (Fsp3) is 0.242. The molecule has 0 saturated heterocycles. The fourth-order valence-electron chi connectivity index (χ4n) is 5.29. The highest BCUT2D eigenvalue weighted by Crippen LogP contribution is 2.41. The largest absolute Gasteiger partial charge is 0.493 e. The molecule has 1 aromatic heterocycles. The van der Waals surface area contributed by atoms with Crippen LogP contribution in [0, 0.1) is 0 Å². The van der Waals surface area contributed by atoms with E-state index in [0.29, 0.717) is 53.1 Å². The monoisotopic (exact) mass is 552 g/mol. The van der Waals surface area contributed by atoms with E-state index in [1.807, 2.05) is 79.7 Å². The van der Waals surface area contributed by atoms with Gasteiger partial charge in [-0.05, 0) is 72.9 Å². The molecule has 0 spiro atoms. The summed E-state index contributed by atoms with van der Waals surface area (Å²) >= 11 is 0. The van der Waals surface area contributed by atoms with Crippen molar-refractivity contribution in [2.24, 2.45) is 0 Å². The number of anilines is 1. The molecular weight excluding hydrogens is 520 g/mol. The summed E-state index contributed by atoms with van der Waals surface area (Å²) in [5.41, 5.74) is 5.29. The second-order valence-corrected chi connectivity index (χ2v) is 9.51. The summed E-state index contributed by atoms with van der Waals surface area (Å²) in [4.78, 5) is 33.1. The van der Waals surface area contributed by atoms with Gasteiger partial charge in [0.2, 0.25) is 5.75 Å². The number of hydrogen-bond donors (Lipinski definition) is 0. The molecule has 0 bridgehead atoms. The van der Waals surface area contributed by atoms with Crippen molar-refractivity contribution >= 4 is 40.1 Å². The highest BCUT2D eigenvalue weighted by atomic mass is 16.5. The molecular formula is C33H32N2O6. The van der Waals surface area contributed by atoms with Crippen molar-refractivity contribution in [2.75, 3.05) is 39.4 Å². The number of carbonyl (C=O) groups is 2. The number of hydrogen-bond acceptors (Lipinski definition) is 7. The van der Waals surface area contributed by atoms with Crippen molar-refractivity contribution in [2.45, 2.75) is 19.8 Å². The van der Waals surface area contributed by atoms with Gasteiger partial charge in [-0.1, -0.05) is 36.4 Å². The molecule has 0 unspecified atom stereocenters. The first-order valence-corrected chi connectivity index (χ1v) is 13.4. The van der Waals surface area contributed by atoms with Gasteiger partial charge in [-0.25, -0.2) is 9.78 Å². The van der Waals surface area contributed by atoms with Crippen LogP contribution in [0.4, 0.5) is 5.69 Å². The smallest absolute Gasteiger partial charge is 0.339 e. The van der Waals surface area contributed by atoms with E-state index in [0.717, 1.165) is 28.1 Å². The summed E-state index contributed by atoms with van der Waals surface area (Å²) in [5, 5.41) is 0.702. The Labute approximate surface area is 239 Å². The van der Waals surface area contributed by atoms with Crippen molar-refractivity contribution in [1.29, 1.82) is 0 Å². The number of benzene rings is 3. The molecule has 0 N–H and O–H groups in total. The van der Waals surface area contributed by atoms with Crippen molar-refractivity contribution in [3.63, 3.8) is 0 Å². The average Bonchev–Trinajstić information content (AvgIpc) is 3.40. The molecule has 0 radical (unpaired) electrons. The molecule has 3 aromatic carbocycles. The molecule has 1 heterocycles. The van der Waals surface area contributed by atoms with Crippen molar-refractivity contribution in [3.05, 3.63) is 89.1 Å². The van der Waals surface area contributed by atoms with Gasteiger partial charge in [0.05, 0.1) is 38.1 Å². The lowest BCUT2D eigenvalue weighted by atomic mass is 10.0. The standard InChI is InChI=1S/C33H32N2O6/c1-5-35(23-11-7-6-8-12-23)29(36)20-41-33(37)30-24-13-9-10-14-26(24)34-31-22(15-16-25(30)31)17-21-18-27(38-2)32(40-4)28(19-21)39-3/h6-14,17-19H,5,15-16,20H2,1-4H3/b22-17+. The Kier molecular flexibility index (Phi) is 8.19. The molecule has 1 aliphatic rings. The zero-order chi connectivity index (χ0) is 28.9. The van der Waals surface area contributed by atoms with Crippen LogP contribution >= 0.6 is 0 Å². The number of likely N-dealkylation sites (N-methyl/N-ethyl adjacent to an activating group) is 1. The zero-order valence-electron chi connectivity index (χ0n) is 23.6. The lowest BCUT2D eigenvalue weighted by Gasteiger charge is -2.21. The number of pyridine rings is 1. The van der Waals surface area contributed by atoms with E-state index in [1.54, 1.807) is 26.2 Å². The molecule has 0 atom stereocenters. The summed E-state index contributed by atoms with van der Waals surface area (Å²) in [6.45, 7) is 1.99. The predicted octanol–water partition coefficient (Wildman–Crippen LogP) is 5.96. The summed E-state index contributed by atoms with van der Waals surface area (Å²) in [5.74, 6) is 0.792. The number of rotatable bonds is 9. The van der Waals surface area contributed by atoms with Gasteiger partial charge in [0.15, 0.2) is 18.1 Å². The van der Waals surface area contributed by atoms with Gasteiger partial charge in [-0.2, -0.15) is 0 Å². The van der Waals surface area contributed by atoms with E-state index >= 15 is 0 Å². The third kappa shape index (κ3) is 5.45. The van der Waals surface area contributed by atoms with Gasteiger partial charge in [-0.15, -0.1) is 0 Å². The molecule has 8 heteroatoms. The quantitative estimate of drug-likeness (QED) is 0.237. The van der Waals surface area contributed by atoms with Gasteiger partial charge in [0, 0.05) is 17.6 Å². The summed E-state index contributed by atoms with van der Waals surface area (Å²) in [7, 11) is 4.72. The number of methoxy groups -OCH3 is 3. The fourth-order valence-corrected chi connectivity index (χ4v) is 5.29. The lowest BCUT2D eigenvalue weighted by molar-refractivity contribution is -0.121. The Morgan fingerprint density at radius 2 is 1.59 bits per heavy atom. The van der Waals surface area contributed by atoms with Crippen molar-refractivity contribution in [3.8, 4) is 17.2 Å². The van der Waals surface area contributed by atoms with Crippen LogP contribution in [0.3, 0.4) is 0 Å². The molecule has 0 aliphatic heterocycles. The minimum Gasteiger partial charge on any atom is -0.493 e. The average molecular weight is 553 g/mol. The summed E-state index contributed by atoms with van der Waals surface area (Å²) in [6.07, 6.45) is 3.33. The lowest BCUT2D eigenvalue weighted by Crippen LogP contribution is -2.34. The third-order valence-electron chi connectivity index (χ3n) is 7.19. The number of amides is 1. The van der Waals surface area contributed by atoms with Crippen LogP contribution in [0.15, 0.2) is 66.7 Å². The first kappa shape index (κ1) is 27.7. The van der Waals surface area contributed by atoms with E-state index in [9.17, 15) is 9.59 Å². The molecule has 1 aliphatic carbocycles. The minimum absolute atomic E-state index is 0.287. The Morgan fingerprint density at radius 3 is 2.24 bits per heavy atom. The number of nitrogens with zero attached hydrogens (tertiary/aromatic N) is 2. The van der Waals surface area contributed by atoms with Gasteiger partial charge in [0.25, 0.3) is 5.91 Å². The Morgan fingerprint density at radius 1 is 0.902 bits per heavy atom. The van der Waals surface area contributed by atoms with Crippen LogP contribution in [-0.2, 0) is 16.0 Å². The Bertz CT molecular complexity index is 1610. The van der Waals surface area contributed by atoms with Crippen LogP contribution in [0.1, 0.15) is 40.5 Å². The molecule has 0 saturated carbocycles. The van der Waals surface area contributed by atoms with Gasteiger partial charge in [-0.3, -0.25) is 4.79 Å². The zero-order valence-corrected chi connectivity index (χ0v) is 23.6. The van der Waals surface area contributed by atoms with Crippen LogP contribution in [0.5, 0.6) is 17.2 Å². The van der Waals surface area contributed by atoms with Crippen LogP contribution < -0.4 is 19.1 Å². The maximum atomic E-state index is 13.6. The van der Waals surface area contributed by atoms with Crippen LogP contribution in [0.2, 0.25) is 0 Å². The minimum atomic E-state index is -0.536. The van der Waals surface area contributed by atoms with Crippen LogP contribution in [-0.4, -0.2) is 51.3 Å². The molecule has 4 aromatic rings. The maximum Gasteiger partial charge on any atom is 0.339 e. The second kappa shape index (κ2) is 12.1. The van der Waals surface area contributed by atoms with E-state index < -0.39 is 5.97 Å². The Hall–Kier alpha value is -4.85. The number of ether oxygens (including phenoxy) is 4. The topological polar surface area (TPSA) is 87.2 Å². The van der Waals surface area contributed by atoms with E-state index in [4.69, 9.17) is 23.9 Å². The highest BCUT2D eigenvalue weighted by Gasteiger charge is 2.28. The number of carbonyl (C=O) groups excluding carboxylic acids is 2. The maximum absolute atomic E-state index is 13.6. The third-order valence-corrected chi connectivity index (χ3v) is 7.19. The second-order valence-electron chi connectivity index (χ2n) is 9.51. The van der Waals surface area contributed by atoms with E-state index in [2.05, 4.69) is 0 Å². The summed E-state index contributed by atoms with van der Waals surface area (Å²) in [6, 6.07) is 20.6. The molecule has 1 amide bonds. The van der Waals surface area contributed by atoms with Crippen molar-refractivity contribution < 1.29 is 28.5 Å². The highest BCUT2D eigenvalue weighted by molar-refractivity contribution is 6.08. The molecule has 0 fully saturated rings. The molecule has 5 rings (SSSR count). The molecule has 41 heavy (non-hydrogen) atoms.